The Morgan fingerprint density at radius 1 is 1.31 bits per heavy atom. The standard InChI is InChI=1S/C18H21N3O3.C2H5N3/c1-12-8-15(9-13(2)17(12)20-6-4-5-7-20)21-11-16(24-18(21)23)10-19-14(3)22;1-2-4-5-3/h4-9,16H,10-11H2,1-3H3,(H,19,22);2H2,1H3/t16-;/m0./s1. The van der Waals surface area contributed by atoms with E-state index in [1.807, 2.05) is 50.5 Å². The highest BCUT2D eigenvalue weighted by atomic mass is 16.6. The number of ether oxygens (including phenoxy) is 1. The number of cyclic esters (lactones) is 1. The molecule has 0 spiro atoms. The first kappa shape index (κ1) is 21.8. The molecule has 2 amide bonds. The molecule has 1 atom stereocenters. The first-order valence-corrected chi connectivity index (χ1v) is 9.35. The zero-order valence-corrected chi connectivity index (χ0v) is 17.1. The lowest BCUT2D eigenvalue weighted by Crippen LogP contribution is -2.33. The number of carbonyl (C=O) groups excluding carboxylic acids is 2. The lowest BCUT2D eigenvalue weighted by atomic mass is 10.1. The summed E-state index contributed by atoms with van der Waals surface area (Å²) in [5, 5.41) is 5.84. The van der Waals surface area contributed by atoms with Crippen molar-refractivity contribution < 1.29 is 14.3 Å². The lowest BCUT2D eigenvalue weighted by molar-refractivity contribution is -0.119. The predicted molar refractivity (Wildman–Crippen MR) is 111 cm³/mol. The maximum absolute atomic E-state index is 12.2. The molecule has 0 radical (unpaired) electrons. The summed E-state index contributed by atoms with van der Waals surface area (Å²) < 4.78 is 7.39. The average molecular weight is 398 g/mol. The molecule has 9 heteroatoms. The summed E-state index contributed by atoms with van der Waals surface area (Å²) in [5.41, 5.74) is 11.6. The molecule has 2 heterocycles. The van der Waals surface area contributed by atoms with Crippen LogP contribution in [-0.2, 0) is 9.53 Å². The zero-order chi connectivity index (χ0) is 21.4. The third kappa shape index (κ3) is 5.76. The second-order valence-electron chi connectivity index (χ2n) is 6.62. The van der Waals surface area contributed by atoms with Gasteiger partial charge in [0.05, 0.1) is 18.8 Å². The molecule has 0 saturated carbocycles. The van der Waals surface area contributed by atoms with Gasteiger partial charge in [0, 0.05) is 36.5 Å². The molecule has 1 aromatic heterocycles. The van der Waals surface area contributed by atoms with Crippen LogP contribution in [0.4, 0.5) is 10.5 Å². The molecule has 1 aliphatic heterocycles. The molecule has 9 nitrogen and oxygen atoms in total. The Labute approximate surface area is 169 Å². The quantitative estimate of drug-likeness (QED) is 0.468. The van der Waals surface area contributed by atoms with Gasteiger partial charge in [-0.25, -0.2) is 4.79 Å². The lowest BCUT2D eigenvalue weighted by Gasteiger charge is -2.18. The summed E-state index contributed by atoms with van der Waals surface area (Å²) in [6.07, 6.45) is 3.30. The van der Waals surface area contributed by atoms with Crippen molar-refractivity contribution in [3.05, 3.63) is 58.2 Å². The van der Waals surface area contributed by atoms with Gasteiger partial charge in [0.1, 0.15) is 6.10 Å². The molecule has 1 aromatic carbocycles. The predicted octanol–water partition coefficient (Wildman–Crippen LogP) is 3.87. The van der Waals surface area contributed by atoms with Gasteiger partial charge in [-0.15, -0.1) is 0 Å². The summed E-state index contributed by atoms with van der Waals surface area (Å²) in [4.78, 5) is 27.3. The monoisotopic (exact) mass is 398 g/mol. The topological polar surface area (TPSA) is 112 Å². The van der Waals surface area contributed by atoms with Gasteiger partial charge >= 0.3 is 6.09 Å². The molecule has 1 fully saturated rings. The Bertz CT molecular complexity index is 880. The van der Waals surface area contributed by atoms with E-state index in [4.69, 9.17) is 10.3 Å². The number of anilines is 1. The van der Waals surface area contributed by atoms with Crippen LogP contribution in [-0.4, -0.2) is 42.3 Å². The fraction of sp³-hybridized carbons (Fsp3) is 0.400. The molecule has 0 bridgehead atoms. The Balaban J connectivity index is 0.000000537. The Kier molecular flexibility index (Phi) is 7.68. The smallest absolute Gasteiger partial charge is 0.414 e. The van der Waals surface area contributed by atoms with Crippen molar-refractivity contribution >= 4 is 17.7 Å². The highest BCUT2D eigenvalue weighted by Crippen LogP contribution is 2.28. The van der Waals surface area contributed by atoms with Crippen molar-refractivity contribution in [2.24, 2.45) is 5.11 Å². The molecule has 0 unspecified atom stereocenters. The van der Waals surface area contributed by atoms with Crippen LogP contribution in [0.25, 0.3) is 16.1 Å². The van der Waals surface area contributed by atoms with E-state index in [2.05, 4.69) is 19.9 Å². The number of carbonyl (C=O) groups is 2. The summed E-state index contributed by atoms with van der Waals surface area (Å²) in [6.45, 7) is 8.61. The molecular formula is C20H26N6O3. The van der Waals surface area contributed by atoms with E-state index in [1.54, 1.807) is 11.8 Å². The second kappa shape index (κ2) is 10.2. The number of hydrogen-bond acceptors (Lipinski definition) is 4. The van der Waals surface area contributed by atoms with Crippen LogP contribution in [0.5, 0.6) is 0 Å². The van der Waals surface area contributed by atoms with Crippen LogP contribution in [0.1, 0.15) is 25.0 Å². The molecule has 0 aliphatic carbocycles. The first-order chi connectivity index (χ1) is 13.9. The summed E-state index contributed by atoms with van der Waals surface area (Å²) in [6, 6.07) is 7.95. The Hall–Kier alpha value is -3.45. The fourth-order valence-corrected chi connectivity index (χ4v) is 3.14. The number of nitrogens with one attached hydrogen (secondary N) is 1. The molecule has 29 heavy (non-hydrogen) atoms. The SMILES string of the molecule is CC(=O)NC[C@H]1CN(c2cc(C)c(-n3cccc3)c(C)c2)C(=O)O1.CCN=[N+]=[N-]. The van der Waals surface area contributed by atoms with E-state index in [0.717, 1.165) is 22.5 Å². The van der Waals surface area contributed by atoms with Gasteiger partial charge < -0.3 is 14.6 Å². The van der Waals surface area contributed by atoms with Crippen LogP contribution in [0.15, 0.2) is 41.8 Å². The number of aromatic nitrogens is 1. The number of nitrogens with zero attached hydrogens (tertiary/aromatic N) is 5. The number of aryl methyl sites for hydroxylation is 2. The molecule has 1 N–H and O–H groups in total. The van der Waals surface area contributed by atoms with Gasteiger partial charge in [0.2, 0.25) is 5.91 Å². The van der Waals surface area contributed by atoms with Crippen molar-refractivity contribution in [3.8, 4) is 5.69 Å². The average Bonchev–Trinajstić information content (AvgIpc) is 3.30. The van der Waals surface area contributed by atoms with Gasteiger partial charge in [0.15, 0.2) is 0 Å². The van der Waals surface area contributed by atoms with E-state index < -0.39 is 0 Å². The number of rotatable bonds is 5. The summed E-state index contributed by atoms with van der Waals surface area (Å²) in [5.74, 6) is -0.132. The molecule has 3 rings (SSSR count). The van der Waals surface area contributed by atoms with Gasteiger partial charge in [-0.2, -0.15) is 0 Å². The molecule has 2 aromatic rings. The largest absolute Gasteiger partial charge is 0.442 e. The third-order valence-electron chi connectivity index (χ3n) is 4.31. The fourth-order valence-electron chi connectivity index (χ4n) is 3.14. The minimum atomic E-state index is -0.377. The molecule has 154 valence electrons. The first-order valence-electron chi connectivity index (χ1n) is 9.35. The normalized spacial score (nSPS) is 15.1. The zero-order valence-electron chi connectivity index (χ0n) is 17.1. The second-order valence-corrected chi connectivity index (χ2v) is 6.62. The highest BCUT2D eigenvalue weighted by molar-refractivity contribution is 5.90. The minimum Gasteiger partial charge on any atom is -0.442 e. The van der Waals surface area contributed by atoms with Gasteiger partial charge in [0.25, 0.3) is 0 Å². The molecular weight excluding hydrogens is 372 g/mol. The van der Waals surface area contributed by atoms with Crippen LogP contribution in [0, 0.1) is 13.8 Å². The van der Waals surface area contributed by atoms with Crippen molar-refractivity contribution in [1.29, 1.82) is 0 Å². The van der Waals surface area contributed by atoms with E-state index >= 15 is 0 Å². The van der Waals surface area contributed by atoms with Crippen LogP contribution in [0.2, 0.25) is 0 Å². The number of benzene rings is 1. The Morgan fingerprint density at radius 2 is 1.93 bits per heavy atom. The van der Waals surface area contributed by atoms with Crippen molar-refractivity contribution in [1.82, 2.24) is 9.88 Å². The number of azide groups is 1. The van der Waals surface area contributed by atoms with Gasteiger partial charge in [-0.3, -0.25) is 9.69 Å². The maximum Gasteiger partial charge on any atom is 0.414 e. The summed E-state index contributed by atoms with van der Waals surface area (Å²) in [7, 11) is 0. The Morgan fingerprint density at radius 3 is 2.41 bits per heavy atom. The van der Waals surface area contributed by atoms with Crippen LogP contribution >= 0.6 is 0 Å². The highest BCUT2D eigenvalue weighted by Gasteiger charge is 2.32. The maximum atomic E-state index is 12.2. The van der Waals surface area contributed by atoms with Crippen molar-refractivity contribution in [2.45, 2.75) is 33.8 Å². The molecule has 1 saturated heterocycles. The number of hydrogen-bond donors (Lipinski definition) is 1. The van der Waals surface area contributed by atoms with Crippen molar-refractivity contribution in [2.75, 3.05) is 24.5 Å². The molecule has 1 aliphatic rings. The minimum absolute atomic E-state index is 0.132. The van der Waals surface area contributed by atoms with Gasteiger partial charge in [-0.1, -0.05) is 12.0 Å². The number of amides is 2. The summed E-state index contributed by atoms with van der Waals surface area (Å²) >= 11 is 0. The van der Waals surface area contributed by atoms with E-state index in [0.29, 0.717) is 19.6 Å². The van der Waals surface area contributed by atoms with Crippen LogP contribution < -0.4 is 10.2 Å². The van der Waals surface area contributed by atoms with E-state index in [-0.39, 0.29) is 18.1 Å². The van der Waals surface area contributed by atoms with Crippen LogP contribution in [0.3, 0.4) is 0 Å². The van der Waals surface area contributed by atoms with E-state index in [1.165, 1.54) is 6.92 Å². The van der Waals surface area contributed by atoms with Crippen molar-refractivity contribution in [3.63, 3.8) is 0 Å². The third-order valence-corrected chi connectivity index (χ3v) is 4.31. The van der Waals surface area contributed by atoms with Gasteiger partial charge in [-0.05, 0) is 54.8 Å². The van der Waals surface area contributed by atoms with E-state index in [9.17, 15) is 9.59 Å².